The Labute approximate surface area is 183 Å². The summed E-state index contributed by atoms with van der Waals surface area (Å²) >= 11 is 0. The van der Waals surface area contributed by atoms with Crippen molar-refractivity contribution in [1.29, 1.82) is 0 Å². The van der Waals surface area contributed by atoms with Crippen LogP contribution in [0, 0.1) is 0 Å². The van der Waals surface area contributed by atoms with Crippen molar-refractivity contribution in [1.82, 2.24) is 4.98 Å². The van der Waals surface area contributed by atoms with Crippen molar-refractivity contribution in [2.45, 2.75) is 6.42 Å². The largest absolute Gasteiger partial charge is 0.465 e. The molecular weight excluding hydrogens is 416 g/mol. The lowest BCUT2D eigenvalue weighted by molar-refractivity contribution is -0.146. The van der Waals surface area contributed by atoms with Gasteiger partial charge in [0.1, 0.15) is 0 Å². The number of pyridine rings is 1. The maximum atomic E-state index is 12.3. The van der Waals surface area contributed by atoms with Crippen LogP contribution in [0.15, 0.2) is 54.7 Å². The number of hydrogen-bond acceptors (Lipinski definition) is 8. The number of ether oxygens (including phenoxy) is 3. The molecule has 0 fully saturated rings. The van der Waals surface area contributed by atoms with E-state index in [1.54, 1.807) is 18.3 Å². The van der Waals surface area contributed by atoms with Gasteiger partial charge in [0.15, 0.2) is 6.61 Å². The summed E-state index contributed by atoms with van der Waals surface area (Å²) in [7, 11) is 2.38. The molecule has 0 aliphatic rings. The van der Waals surface area contributed by atoms with E-state index >= 15 is 0 Å². The minimum Gasteiger partial charge on any atom is -0.465 e. The first-order chi connectivity index (χ1) is 15.4. The second-order valence-corrected chi connectivity index (χ2v) is 6.66. The number of nitrogens with zero attached hydrogens (tertiary/aromatic N) is 1. The highest BCUT2D eigenvalue weighted by Crippen LogP contribution is 2.18. The molecule has 9 heteroatoms. The number of hydrogen-bond donors (Lipinski definition) is 1. The Bertz CT molecular complexity index is 1150. The number of carbonyl (C=O) groups excluding carboxylic acids is 4. The highest BCUT2D eigenvalue weighted by Gasteiger charge is 2.16. The second-order valence-electron chi connectivity index (χ2n) is 6.66. The van der Waals surface area contributed by atoms with Crippen LogP contribution < -0.4 is 5.32 Å². The maximum Gasteiger partial charge on any atom is 0.337 e. The lowest BCUT2D eigenvalue weighted by atomic mass is 10.1. The molecule has 0 saturated carbocycles. The van der Waals surface area contributed by atoms with E-state index in [1.807, 2.05) is 18.2 Å². The number of fused-ring (bicyclic) bond motifs is 1. The van der Waals surface area contributed by atoms with E-state index < -0.39 is 30.4 Å². The number of anilines is 1. The smallest absolute Gasteiger partial charge is 0.337 e. The minimum atomic E-state index is -0.693. The molecule has 1 heterocycles. The average molecular weight is 436 g/mol. The van der Waals surface area contributed by atoms with Crippen molar-refractivity contribution < 1.29 is 33.4 Å². The molecule has 0 unspecified atom stereocenters. The van der Waals surface area contributed by atoms with Crippen LogP contribution in [0.3, 0.4) is 0 Å². The molecule has 0 bridgehead atoms. The van der Waals surface area contributed by atoms with Crippen LogP contribution in [0.2, 0.25) is 0 Å². The fourth-order valence-corrected chi connectivity index (χ4v) is 3.03. The zero-order valence-electron chi connectivity index (χ0n) is 17.4. The molecule has 1 aromatic heterocycles. The summed E-state index contributed by atoms with van der Waals surface area (Å²) in [6.07, 6.45) is 1.58. The molecule has 32 heavy (non-hydrogen) atoms. The second kappa shape index (κ2) is 10.2. The Morgan fingerprint density at radius 1 is 0.906 bits per heavy atom. The molecule has 164 valence electrons. The first-order valence-electron chi connectivity index (χ1n) is 9.51. The van der Waals surface area contributed by atoms with Crippen molar-refractivity contribution >= 4 is 40.4 Å². The third kappa shape index (κ3) is 5.45. The van der Waals surface area contributed by atoms with Gasteiger partial charge in [-0.3, -0.25) is 14.6 Å². The van der Waals surface area contributed by atoms with Gasteiger partial charge in [0.25, 0.3) is 5.91 Å². The molecule has 0 atom stereocenters. The first kappa shape index (κ1) is 22.4. The third-order valence-electron chi connectivity index (χ3n) is 4.47. The lowest BCUT2D eigenvalue weighted by Gasteiger charge is -2.10. The monoisotopic (exact) mass is 436 g/mol. The zero-order chi connectivity index (χ0) is 23.1. The van der Waals surface area contributed by atoms with Crippen LogP contribution >= 0.6 is 0 Å². The molecule has 1 N–H and O–H groups in total. The SMILES string of the molecule is COC(=O)c1cc(NC(=O)COC(=O)Cc2cccc3cccnc23)cc(C(=O)OC)c1. The van der Waals surface area contributed by atoms with Gasteiger partial charge < -0.3 is 19.5 Å². The van der Waals surface area contributed by atoms with E-state index in [-0.39, 0.29) is 23.2 Å². The van der Waals surface area contributed by atoms with Crippen molar-refractivity contribution in [3.8, 4) is 0 Å². The number of benzene rings is 2. The van der Waals surface area contributed by atoms with E-state index in [2.05, 4.69) is 19.8 Å². The van der Waals surface area contributed by atoms with Gasteiger partial charge >= 0.3 is 17.9 Å². The van der Waals surface area contributed by atoms with Crippen LogP contribution in [0.25, 0.3) is 10.9 Å². The number of esters is 3. The Balaban J connectivity index is 1.64. The summed E-state index contributed by atoms with van der Waals surface area (Å²) in [6.45, 7) is -0.549. The number of amides is 1. The van der Waals surface area contributed by atoms with E-state index in [0.717, 1.165) is 5.39 Å². The van der Waals surface area contributed by atoms with Gasteiger partial charge in [0, 0.05) is 17.3 Å². The molecule has 0 spiro atoms. The van der Waals surface area contributed by atoms with E-state index in [9.17, 15) is 19.2 Å². The normalized spacial score (nSPS) is 10.3. The number of aromatic nitrogens is 1. The number of para-hydroxylation sites is 1. The topological polar surface area (TPSA) is 121 Å². The molecule has 1 amide bonds. The van der Waals surface area contributed by atoms with Crippen LogP contribution in [0.5, 0.6) is 0 Å². The molecule has 0 radical (unpaired) electrons. The van der Waals surface area contributed by atoms with E-state index in [1.165, 1.54) is 32.4 Å². The predicted molar refractivity (Wildman–Crippen MR) is 114 cm³/mol. The fourth-order valence-electron chi connectivity index (χ4n) is 3.03. The van der Waals surface area contributed by atoms with E-state index in [0.29, 0.717) is 11.1 Å². The van der Waals surface area contributed by atoms with Crippen LogP contribution in [-0.4, -0.2) is 49.6 Å². The van der Waals surface area contributed by atoms with Gasteiger partial charge in [0.05, 0.1) is 37.3 Å². The standard InChI is InChI=1S/C23H20N2O7/c1-30-22(28)16-9-17(23(29)31-2)11-18(10-16)25-19(26)13-32-20(27)12-15-6-3-5-14-7-4-8-24-21(14)15/h3-11H,12-13H2,1-2H3,(H,25,26). The number of nitrogens with one attached hydrogen (secondary N) is 1. The average Bonchev–Trinajstić information content (AvgIpc) is 2.81. The molecule has 0 aliphatic carbocycles. The van der Waals surface area contributed by atoms with Gasteiger partial charge in [0.2, 0.25) is 0 Å². The van der Waals surface area contributed by atoms with Gasteiger partial charge in [-0.15, -0.1) is 0 Å². The minimum absolute atomic E-state index is 0.0474. The van der Waals surface area contributed by atoms with Crippen molar-refractivity contribution in [3.05, 3.63) is 71.4 Å². The first-order valence-corrected chi connectivity index (χ1v) is 9.51. The molecule has 3 aromatic rings. The van der Waals surface area contributed by atoms with Crippen molar-refractivity contribution in [2.24, 2.45) is 0 Å². The highest BCUT2D eigenvalue weighted by atomic mass is 16.5. The Morgan fingerprint density at radius 3 is 2.22 bits per heavy atom. The van der Waals surface area contributed by atoms with Gasteiger partial charge in [-0.25, -0.2) is 9.59 Å². The molecule has 2 aromatic carbocycles. The Hall–Kier alpha value is -4.27. The summed E-state index contributed by atoms with van der Waals surface area (Å²) < 4.78 is 14.4. The van der Waals surface area contributed by atoms with Crippen LogP contribution in [0.1, 0.15) is 26.3 Å². The predicted octanol–water partition coefficient (Wildman–Crippen LogP) is 2.53. The maximum absolute atomic E-state index is 12.3. The quantitative estimate of drug-likeness (QED) is 0.443. The van der Waals surface area contributed by atoms with E-state index in [4.69, 9.17) is 4.74 Å². The Kier molecular flexibility index (Phi) is 7.12. The van der Waals surface area contributed by atoms with Crippen molar-refractivity contribution in [2.75, 3.05) is 26.1 Å². The molecule has 0 saturated heterocycles. The van der Waals surface area contributed by atoms with Gasteiger partial charge in [-0.05, 0) is 29.8 Å². The van der Waals surface area contributed by atoms with Crippen LogP contribution in [0.4, 0.5) is 5.69 Å². The molecular formula is C23H20N2O7. The van der Waals surface area contributed by atoms with Crippen molar-refractivity contribution in [3.63, 3.8) is 0 Å². The zero-order valence-corrected chi connectivity index (χ0v) is 17.4. The van der Waals surface area contributed by atoms with Gasteiger partial charge in [-0.2, -0.15) is 0 Å². The molecule has 0 aliphatic heterocycles. The summed E-state index contributed by atoms with van der Waals surface area (Å²) in [5, 5.41) is 3.38. The number of carbonyl (C=O) groups is 4. The molecule has 3 rings (SSSR count). The molecule has 9 nitrogen and oxygen atoms in total. The fraction of sp³-hybridized carbons (Fsp3) is 0.174. The third-order valence-corrected chi connectivity index (χ3v) is 4.47. The van der Waals surface area contributed by atoms with Gasteiger partial charge in [-0.1, -0.05) is 24.3 Å². The summed E-state index contributed by atoms with van der Waals surface area (Å²) in [4.78, 5) is 52.4. The lowest BCUT2D eigenvalue weighted by Crippen LogP contribution is -2.22. The summed E-state index contributed by atoms with van der Waals surface area (Å²) in [5.41, 5.74) is 1.61. The van der Waals surface area contributed by atoms with Crippen LogP contribution in [-0.2, 0) is 30.2 Å². The highest BCUT2D eigenvalue weighted by molar-refractivity contribution is 6.00. The Morgan fingerprint density at radius 2 is 1.56 bits per heavy atom. The summed E-state index contributed by atoms with van der Waals surface area (Å²) in [6, 6.07) is 13.1. The number of rotatable bonds is 7. The number of methoxy groups -OCH3 is 2. The summed E-state index contributed by atoms with van der Waals surface area (Å²) in [5.74, 6) is -2.63.